The summed E-state index contributed by atoms with van der Waals surface area (Å²) in [5.74, 6) is -3.53. The van der Waals surface area contributed by atoms with Crippen molar-refractivity contribution in [3.05, 3.63) is 34.4 Å². The van der Waals surface area contributed by atoms with E-state index in [-0.39, 0.29) is 18.4 Å². The Kier molecular flexibility index (Phi) is 6.90. The van der Waals surface area contributed by atoms with Gasteiger partial charge in [0.25, 0.3) is 0 Å². The molecule has 0 amide bonds. The Labute approximate surface area is 201 Å². The molecular weight excluding hydrogens is 440 g/mol. The smallest absolute Gasteiger partial charge is 0.336 e. The van der Waals surface area contributed by atoms with Gasteiger partial charge in [-0.1, -0.05) is 26.0 Å². The number of carbonyl (C=O) groups excluding carboxylic acids is 3. The van der Waals surface area contributed by atoms with E-state index in [4.69, 9.17) is 18.9 Å². The second-order valence-electron chi connectivity index (χ2n) is 9.88. The summed E-state index contributed by atoms with van der Waals surface area (Å²) in [4.78, 5) is 38.2. The molecule has 2 fully saturated rings. The number of methoxy groups -OCH3 is 1. The van der Waals surface area contributed by atoms with Gasteiger partial charge in [0.05, 0.1) is 11.2 Å². The zero-order valence-corrected chi connectivity index (χ0v) is 21.3. The van der Waals surface area contributed by atoms with Crippen molar-refractivity contribution in [2.75, 3.05) is 7.11 Å². The van der Waals surface area contributed by atoms with Crippen LogP contribution in [0.5, 0.6) is 0 Å². The van der Waals surface area contributed by atoms with Crippen LogP contribution in [-0.4, -0.2) is 53.7 Å². The molecule has 1 heterocycles. The first-order valence-electron chi connectivity index (χ1n) is 11.7. The predicted octanol–water partition coefficient (Wildman–Crippen LogP) is 3.53. The summed E-state index contributed by atoms with van der Waals surface area (Å²) < 4.78 is 23.2. The number of rotatable bonds is 5. The van der Waals surface area contributed by atoms with E-state index in [0.717, 1.165) is 0 Å². The molecule has 0 aromatic heterocycles. The molecule has 2 aliphatic carbocycles. The molecule has 34 heavy (non-hydrogen) atoms. The fourth-order valence-corrected chi connectivity index (χ4v) is 5.59. The average Bonchev–Trinajstić information content (AvgIpc) is 3.06. The molecule has 8 nitrogen and oxygen atoms in total. The van der Waals surface area contributed by atoms with Gasteiger partial charge in [0.2, 0.25) is 5.79 Å². The van der Waals surface area contributed by atoms with Gasteiger partial charge in [-0.15, -0.1) is 0 Å². The standard InChI is InChI=1S/C26H36O8/c1-9-14(3)21(27)32-18-11-12-25(30)13-26(31-8)19(16(5)23(29)34-26)20(24(25,7)17(18)6)33-22(28)15(4)10-2/h9-10,17-18,20,30H,11-13H2,1-8H3/b14-9-,15-10-/t17-,18-,20+,24-,25+,26+/m0/s1. The van der Waals surface area contributed by atoms with Crippen LogP contribution in [0.4, 0.5) is 0 Å². The van der Waals surface area contributed by atoms with Crippen LogP contribution >= 0.6 is 0 Å². The minimum atomic E-state index is -1.53. The highest BCUT2D eigenvalue weighted by molar-refractivity contribution is 5.93. The second-order valence-corrected chi connectivity index (χ2v) is 9.88. The number of carbonyl (C=O) groups is 3. The van der Waals surface area contributed by atoms with E-state index in [2.05, 4.69) is 0 Å². The molecule has 3 rings (SSSR count). The van der Waals surface area contributed by atoms with Crippen molar-refractivity contribution >= 4 is 17.9 Å². The van der Waals surface area contributed by atoms with E-state index in [1.54, 1.807) is 46.8 Å². The van der Waals surface area contributed by atoms with Crippen molar-refractivity contribution < 1.29 is 38.4 Å². The highest BCUT2D eigenvalue weighted by atomic mass is 16.7. The average molecular weight is 477 g/mol. The van der Waals surface area contributed by atoms with Crippen LogP contribution in [0.25, 0.3) is 0 Å². The van der Waals surface area contributed by atoms with Gasteiger partial charge in [-0.2, -0.15) is 0 Å². The summed E-state index contributed by atoms with van der Waals surface area (Å²) in [6.07, 6.45) is 2.38. The molecule has 0 spiro atoms. The number of fused-ring (bicyclic) bond motifs is 2. The van der Waals surface area contributed by atoms with E-state index in [0.29, 0.717) is 23.1 Å². The number of aliphatic hydroxyl groups is 1. The zero-order valence-electron chi connectivity index (χ0n) is 21.3. The van der Waals surface area contributed by atoms with Crippen LogP contribution < -0.4 is 0 Å². The third kappa shape index (κ3) is 3.71. The van der Waals surface area contributed by atoms with Gasteiger partial charge >= 0.3 is 17.9 Å². The van der Waals surface area contributed by atoms with Crippen molar-refractivity contribution in [2.24, 2.45) is 11.3 Å². The highest BCUT2D eigenvalue weighted by Gasteiger charge is 2.72. The van der Waals surface area contributed by atoms with Crippen molar-refractivity contribution in [1.82, 2.24) is 0 Å². The first kappa shape index (κ1) is 26.2. The molecule has 0 saturated heterocycles. The molecule has 0 bridgehead atoms. The summed E-state index contributed by atoms with van der Waals surface area (Å²) in [7, 11) is 1.41. The topological polar surface area (TPSA) is 108 Å². The Hall–Kier alpha value is -2.45. The van der Waals surface area contributed by atoms with Crippen molar-refractivity contribution in [2.45, 2.75) is 91.3 Å². The quantitative estimate of drug-likeness (QED) is 0.365. The number of esters is 3. The first-order chi connectivity index (χ1) is 15.8. The lowest BCUT2D eigenvalue weighted by atomic mass is 9.49. The first-order valence-corrected chi connectivity index (χ1v) is 11.7. The molecular formula is C26H36O8. The van der Waals surface area contributed by atoms with Crippen molar-refractivity contribution in [1.29, 1.82) is 0 Å². The third-order valence-corrected chi connectivity index (χ3v) is 8.38. The molecule has 6 atom stereocenters. The van der Waals surface area contributed by atoms with Crippen LogP contribution in [0.2, 0.25) is 0 Å². The lowest BCUT2D eigenvalue weighted by molar-refractivity contribution is -0.291. The van der Waals surface area contributed by atoms with Crippen LogP contribution in [-0.2, 0) is 33.3 Å². The summed E-state index contributed by atoms with van der Waals surface area (Å²) in [5, 5.41) is 12.1. The number of hydrogen-bond acceptors (Lipinski definition) is 8. The fourth-order valence-electron chi connectivity index (χ4n) is 5.59. The Morgan fingerprint density at radius 1 is 1.12 bits per heavy atom. The number of ether oxygens (including phenoxy) is 4. The van der Waals surface area contributed by atoms with Crippen molar-refractivity contribution in [3.8, 4) is 0 Å². The summed E-state index contributed by atoms with van der Waals surface area (Å²) >= 11 is 0. The Balaban J connectivity index is 2.16. The van der Waals surface area contributed by atoms with E-state index < -0.39 is 52.8 Å². The Morgan fingerprint density at radius 3 is 2.21 bits per heavy atom. The lowest BCUT2D eigenvalue weighted by Crippen LogP contribution is -2.71. The second kappa shape index (κ2) is 8.96. The maximum Gasteiger partial charge on any atom is 0.336 e. The van der Waals surface area contributed by atoms with Gasteiger partial charge in [0.1, 0.15) is 12.2 Å². The van der Waals surface area contributed by atoms with Crippen LogP contribution in [0, 0.1) is 11.3 Å². The van der Waals surface area contributed by atoms with Gasteiger partial charge in [-0.3, -0.25) is 0 Å². The Morgan fingerprint density at radius 2 is 1.68 bits per heavy atom. The molecule has 0 aromatic carbocycles. The van der Waals surface area contributed by atoms with Gasteiger partial charge in [0.15, 0.2) is 0 Å². The van der Waals surface area contributed by atoms with Gasteiger partial charge in [0, 0.05) is 41.6 Å². The molecule has 0 unspecified atom stereocenters. The third-order valence-electron chi connectivity index (χ3n) is 8.38. The Bertz CT molecular complexity index is 991. The number of hydrogen-bond donors (Lipinski definition) is 1. The minimum absolute atomic E-state index is 0.0129. The van der Waals surface area contributed by atoms with Crippen LogP contribution in [0.3, 0.4) is 0 Å². The molecule has 8 heteroatoms. The maximum atomic E-state index is 13.0. The molecule has 0 aromatic rings. The SMILES string of the molecule is C/C=C(/C)C(=O)O[C@H]1CC[C@@]2(O)C[C@@]3(OC)OC(=O)C(C)=C3[C@@H](OC(=O)/C(C)=C\C)[C@]2(C)[C@H]1C. The highest BCUT2D eigenvalue weighted by Crippen LogP contribution is 2.63. The molecule has 3 aliphatic rings. The fraction of sp³-hybridized carbons (Fsp3) is 0.654. The van der Waals surface area contributed by atoms with E-state index >= 15 is 0 Å². The van der Waals surface area contributed by atoms with E-state index in [9.17, 15) is 19.5 Å². The van der Waals surface area contributed by atoms with E-state index in [1.807, 2.05) is 13.8 Å². The molecule has 1 aliphatic heterocycles. The van der Waals surface area contributed by atoms with Gasteiger partial charge in [-0.05, 0) is 47.5 Å². The maximum absolute atomic E-state index is 13.0. The van der Waals surface area contributed by atoms with Gasteiger partial charge in [-0.25, -0.2) is 14.4 Å². The predicted molar refractivity (Wildman–Crippen MR) is 123 cm³/mol. The zero-order chi connectivity index (χ0) is 25.6. The molecule has 1 N–H and O–H groups in total. The normalized spacial score (nSPS) is 38.1. The summed E-state index contributed by atoms with van der Waals surface area (Å²) in [6, 6.07) is 0. The van der Waals surface area contributed by atoms with Crippen molar-refractivity contribution in [3.63, 3.8) is 0 Å². The minimum Gasteiger partial charge on any atom is -0.459 e. The van der Waals surface area contributed by atoms with E-state index in [1.165, 1.54) is 7.11 Å². The van der Waals surface area contributed by atoms with Crippen LogP contribution in [0.15, 0.2) is 34.4 Å². The van der Waals surface area contributed by atoms with Crippen LogP contribution in [0.1, 0.15) is 67.7 Å². The monoisotopic (exact) mass is 476 g/mol. The molecule has 0 radical (unpaired) electrons. The lowest BCUT2D eigenvalue weighted by Gasteiger charge is -2.62. The molecule has 2 saturated carbocycles. The summed E-state index contributed by atoms with van der Waals surface area (Å²) in [5.41, 5.74) is -0.967. The summed E-state index contributed by atoms with van der Waals surface area (Å²) in [6.45, 7) is 12.1. The largest absolute Gasteiger partial charge is 0.459 e. The number of allylic oxidation sites excluding steroid dienone is 2. The molecule has 188 valence electrons. The van der Waals surface area contributed by atoms with Gasteiger partial charge < -0.3 is 24.1 Å².